The normalized spacial score (nSPS) is 25.3. The summed E-state index contributed by atoms with van der Waals surface area (Å²) in [6, 6.07) is 0.200. The molecule has 2 unspecified atom stereocenters. The first-order valence-electron chi connectivity index (χ1n) is 6.97. The Morgan fingerprint density at radius 3 is 2.67 bits per heavy atom. The van der Waals surface area contributed by atoms with Crippen LogP contribution in [0, 0.1) is 5.41 Å². The van der Waals surface area contributed by atoms with E-state index in [1.807, 2.05) is 11.8 Å². The maximum absolute atomic E-state index is 12.2. The molecule has 1 saturated heterocycles. The molecule has 0 aromatic heterocycles. The van der Waals surface area contributed by atoms with Crippen LogP contribution in [0.4, 0.5) is 0 Å². The van der Waals surface area contributed by atoms with Gasteiger partial charge in [-0.05, 0) is 38.6 Å². The number of hydrogen-bond donors (Lipinski definition) is 1. The Balaban J connectivity index is 2.44. The third kappa shape index (κ3) is 4.58. The van der Waals surface area contributed by atoms with E-state index in [4.69, 9.17) is 10.5 Å². The van der Waals surface area contributed by atoms with E-state index in [0.717, 1.165) is 19.4 Å². The highest BCUT2D eigenvalue weighted by Gasteiger charge is 2.28. The lowest BCUT2D eigenvalue weighted by molar-refractivity contribution is -0.143. The van der Waals surface area contributed by atoms with Crippen molar-refractivity contribution >= 4 is 5.91 Å². The number of carbonyl (C=O) groups excluding carboxylic acids is 1. The number of morpholine rings is 1. The van der Waals surface area contributed by atoms with Gasteiger partial charge in [0.25, 0.3) is 0 Å². The average Bonchev–Trinajstić information content (AvgIpc) is 2.29. The zero-order valence-corrected chi connectivity index (χ0v) is 12.2. The topological polar surface area (TPSA) is 55.6 Å². The molecular weight excluding hydrogens is 228 g/mol. The molecule has 0 radical (unpaired) electrons. The summed E-state index contributed by atoms with van der Waals surface area (Å²) in [6.45, 7) is 10.5. The first-order chi connectivity index (χ1) is 8.35. The van der Waals surface area contributed by atoms with Crippen molar-refractivity contribution in [3.05, 3.63) is 0 Å². The van der Waals surface area contributed by atoms with Crippen molar-refractivity contribution in [3.8, 4) is 0 Å². The van der Waals surface area contributed by atoms with Crippen molar-refractivity contribution < 1.29 is 9.53 Å². The number of rotatable bonds is 5. The van der Waals surface area contributed by atoms with E-state index in [1.165, 1.54) is 0 Å². The second-order valence-corrected chi connectivity index (χ2v) is 6.24. The summed E-state index contributed by atoms with van der Waals surface area (Å²) in [7, 11) is 0. The van der Waals surface area contributed by atoms with Gasteiger partial charge in [0.05, 0.1) is 18.8 Å². The van der Waals surface area contributed by atoms with E-state index in [-0.39, 0.29) is 23.5 Å². The van der Waals surface area contributed by atoms with Crippen LogP contribution in [0.2, 0.25) is 0 Å². The van der Waals surface area contributed by atoms with Gasteiger partial charge in [0, 0.05) is 13.0 Å². The lowest BCUT2D eigenvalue weighted by Crippen LogP contribution is -2.50. The van der Waals surface area contributed by atoms with Crippen molar-refractivity contribution in [2.24, 2.45) is 11.1 Å². The van der Waals surface area contributed by atoms with Crippen LogP contribution < -0.4 is 5.73 Å². The van der Waals surface area contributed by atoms with Crippen LogP contribution in [-0.4, -0.2) is 42.6 Å². The summed E-state index contributed by atoms with van der Waals surface area (Å²) in [5, 5.41) is 0. The van der Waals surface area contributed by atoms with Gasteiger partial charge in [-0.1, -0.05) is 13.8 Å². The molecule has 1 rings (SSSR count). The lowest BCUT2D eigenvalue weighted by atomic mass is 9.84. The molecule has 0 spiro atoms. The highest BCUT2D eigenvalue weighted by atomic mass is 16.5. The molecule has 1 heterocycles. The Morgan fingerprint density at radius 2 is 2.06 bits per heavy atom. The van der Waals surface area contributed by atoms with Crippen LogP contribution >= 0.6 is 0 Å². The minimum absolute atomic E-state index is 0.155. The van der Waals surface area contributed by atoms with E-state index in [0.29, 0.717) is 19.6 Å². The van der Waals surface area contributed by atoms with Gasteiger partial charge < -0.3 is 15.4 Å². The number of nitrogens with two attached hydrogens (primary N) is 1. The fraction of sp³-hybridized carbons (Fsp3) is 0.929. The van der Waals surface area contributed by atoms with E-state index in [2.05, 4.69) is 20.8 Å². The van der Waals surface area contributed by atoms with Crippen LogP contribution in [0.15, 0.2) is 0 Å². The molecule has 1 amide bonds. The zero-order chi connectivity index (χ0) is 13.8. The third-order valence-corrected chi connectivity index (χ3v) is 3.76. The minimum atomic E-state index is 0.155. The summed E-state index contributed by atoms with van der Waals surface area (Å²) < 4.78 is 5.54. The summed E-state index contributed by atoms with van der Waals surface area (Å²) in [5.74, 6) is 0.253. The van der Waals surface area contributed by atoms with E-state index in [1.54, 1.807) is 0 Å². The molecule has 1 fully saturated rings. The quantitative estimate of drug-likeness (QED) is 0.815. The smallest absolute Gasteiger partial charge is 0.222 e. The predicted molar refractivity (Wildman–Crippen MR) is 73.3 cm³/mol. The summed E-state index contributed by atoms with van der Waals surface area (Å²) in [5.41, 5.74) is 5.75. The Kier molecular flexibility index (Phi) is 5.60. The van der Waals surface area contributed by atoms with Crippen molar-refractivity contribution in [2.45, 2.75) is 59.1 Å². The van der Waals surface area contributed by atoms with E-state index >= 15 is 0 Å². The van der Waals surface area contributed by atoms with Gasteiger partial charge in [0.15, 0.2) is 0 Å². The van der Waals surface area contributed by atoms with Crippen molar-refractivity contribution in [2.75, 3.05) is 19.7 Å². The summed E-state index contributed by atoms with van der Waals surface area (Å²) in [6.07, 6.45) is 2.64. The maximum atomic E-state index is 12.2. The second-order valence-electron chi connectivity index (χ2n) is 6.24. The van der Waals surface area contributed by atoms with Gasteiger partial charge in [-0.2, -0.15) is 0 Å². The van der Waals surface area contributed by atoms with Crippen molar-refractivity contribution in [1.29, 1.82) is 0 Å². The SMILES string of the molecule is CC1CN(C(=O)CCC(C)(C)CCN)C(C)CO1. The molecule has 0 aliphatic carbocycles. The Hall–Kier alpha value is -0.610. The van der Waals surface area contributed by atoms with Gasteiger partial charge in [-0.3, -0.25) is 4.79 Å². The molecule has 18 heavy (non-hydrogen) atoms. The zero-order valence-electron chi connectivity index (χ0n) is 12.2. The molecule has 2 N–H and O–H groups in total. The molecule has 0 aromatic carbocycles. The van der Waals surface area contributed by atoms with Crippen LogP contribution in [0.5, 0.6) is 0 Å². The Morgan fingerprint density at radius 1 is 1.39 bits per heavy atom. The molecule has 0 bridgehead atoms. The molecule has 0 aromatic rings. The van der Waals surface area contributed by atoms with Gasteiger partial charge >= 0.3 is 0 Å². The van der Waals surface area contributed by atoms with Gasteiger partial charge in [-0.25, -0.2) is 0 Å². The molecule has 4 heteroatoms. The van der Waals surface area contributed by atoms with Crippen LogP contribution in [-0.2, 0) is 9.53 Å². The maximum Gasteiger partial charge on any atom is 0.222 e. The van der Waals surface area contributed by atoms with Crippen LogP contribution in [0.3, 0.4) is 0 Å². The highest BCUT2D eigenvalue weighted by Crippen LogP contribution is 2.26. The van der Waals surface area contributed by atoms with Crippen molar-refractivity contribution in [1.82, 2.24) is 4.90 Å². The highest BCUT2D eigenvalue weighted by molar-refractivity contribution is 5.76. The largest absolute Gasteiger partial charge is 0.375 e. The summed E-state index contributed by atoms with van der Waals surface area (Å²) in [4.78, 5) is 14.2. The average molecular weight is 256 g/mol. The molecule has 106 valence electrons. The second kappa shape index (κ2) is 6.53. The molecule has 4 nitrogen and oxygen atoms in total. The predicted octanol–water partition coefficient (Wildman–Crippen LogP) is 1.78. The van der Waals surface area contributed by atoms with Gasteiger partial charge in [0.1, 0.15) is 0 Å². The van der Waals surface area contributed by atoms with Crippen LogP contribution in [0.1, 0.15) is 47.0 Å². The first-order valence-corrected chi connectivity index (χ1v) is 6.97. The van der Waals surface area contributed by atoms with Gasteiger partial charge in [-0.15, -0.1) is 0 Å². The number of hydrogen-bond acceptors (Lipinski definition) is 3. The number of ether oxygens (including phenoxy) is 1. The minimum Gasteiger partial charge on any atom is -0.375 e. The molecular formula is C14H28N2O2. The van der Waals surface area contributed by atoms with E-state index in [9.17, 15) is 4.79 Å². The first kappa shape index (κ1) is 15.4. The number of nitrogens with zero attached hydrogens (tertiary/aromatic N) is 1. The molecule has 1 aliphatic rings. The number of amides is 1. The standard InChI is InChI=1S/C14H28N2O2/c1-11-10-18-12(2)9-16(11)13(17)5-6-14(3,4)7-8-15/h11-12H,5-10,15H2,1-4H3. The fourth-order valence-corrected chi connectivity index (χ4v) is 2.36. The van der Waals surface area contributed by atoms with Gasteiger partial charge in [0.2, 0.25) is 5.91 Å². The Bertz CT molecular complexity index is 279. The molecule has 0 saturated carbocycles. The van der Waals surface area contributed by atoms with Crippen molar-refractivity contribution in [3.63, 3.8) is 0 Å². The molecule has 1 aliphatic heterocycles. The third-order valence-electron chi connectivity index (χ3n) is 3.76. The summed E-state index contributed by atoms with van der Waals surface area (Å²) >= 11 is 0. The molecule has 2 atom stereocenters. The van der Waals surface area contributed by atoms with Crippen LogP contribution in [0.25, 0.3) is 0 Å². The fourth-order valence-electron chi connectivity index (χ4n) is 2.36. The lowest BCUT2D eigenvalue weighted by Gasteiger charge is -2.37. The number of carbonyl (C=O) groups is 1. The monoisotopic (exact) mass is 256 g/mol. The van der Waals surface area contributed by atoms with E-state index < -0.39 is 0 Å². The Labute approximate surface area is 111 Å².